The maximum Gasteiger partial charge on any atom is 2.00 e. The first kappa shape index (κ1) is 7.35. The molecule has 0 spiro atoms. The zero-order valence-corrected chi connectivity index (χ0v) is 7.13. The van der Waals surface area contributed by atoms with Crippen molar-refractivity contribution < 1.29 is 2.85 Å². The van der Waals surface area contributed by atoms with E-state index < -0.39 is 0 Å². The molecule has 6 heteroatoms. The summed E-state index contributed by atoms with van der Waals surface area (Å²) in [6.07, 6.45) is 1.31. The standard InChI is InChI=1S/CH3N5.Sr.2H/c2-6-1-3-4-5-6;;;/h1H,2H2;;;/q;+2;2*-1. The molecule has 1 rings (SSSR count). The normalized spacial score (nSPS) is 7.43. The van der Waals surface area contributed by atoms with Crippen LogP contribution in [0.5, 0.6) is 0 Å². The SMILES string of the molecule is Nn1cnnn1.[H-].[H-].[Sr+2]. The van der Waals surface area contributed by atoms with Gasteiger partial charge in [0.2, 0.25) is 0 Å². The quantitative estimate of drug-likeness (QED) is 0.374. The van der Waals surface area contributed by atoms with E-state index in [2.05, 4.69) is 15.5 Å². The molecule has 36 valence electrons. The first-order valence-electron chi connectivity index (χ1n) is 1.37. The molecule has 0 amide bonds. The molecule has 1 aromatic rings. The molecule has 0 aliphatic heterocycles. The molecule has 0 unspecified atom stereocenters. The van der Waals surface area contributed by atoms with Crippen molar-refractivity contribution in [2.75, 3.05) is 5.84 Å². The minimum absolute atomic E-state index is 0. The van der Waals surface area contributed by atoms with Crippen LogP contribution in [0, 0.1) is 0 Å². The molecule has 0 aromatic carbocycles. The molecule has 0 saturated carbocycles. The first-order chi connectivity index (χ1) is 2.89. The third-order valence-electron chi connectivity index (χ3n) is 0.365. The number of nitrogen functional groups attached to an aromatic ring is 1. The third kappa shape index (κ3) is 2.22. The predicted molar refractivity (Wildman–Crippen MR) is 25.9 cm³/mol. The number of hydrogen-bond acceptors (Lipinski definition) is 4. The average molecular weight is 175 g/mol. The van der Waals surface area contributed by atoms with E-state index in [0.29, 0.717) is 0 Å². The molecule has 0 aliphatic carbocycles. The average Bonchev–Trinajstić information content (AvgIpc) is 1.86. The van der Waals surface area contributed by atoms with Gasteiger partial charge in [-0.05, 0) is 10.4 Å². The monoisotopic (exact) mass is 175 g/mol. The van der Waals surface area contributed by atoms with Crippen LogP contribution in [0.2, 0.25) is 0 Å². The van der Waals surface area contributed by atoms with Crippen molar-refractivity contribution in [3.05, 3.63) is 6.33 Å². The summed E-state index contributed by atoms with van der Waals surface area (Å²) in [5, 5.41) is 9.71. The molecule has 0 bridgehead atoms. The molecule has 2 N–H and O–H groups in total. The van der Waals surface area contributed by atoms with Crippen LogP contribution in [-0.2, 0) is 0 Å². The molecule has 7 heavy (non-hydrogen) atoms. The molecular weight excluding hydrogens is 170 g/mol. The summed E-state index contributed by atoms with van der Waals surface area (Å²) in [6, 6.07) is 0. The van der Waals surface area contributed by atoms with Gasteiger partial charge in [-0.15, -0.1) is 9.89 Å². The van der Waals surface area contributed by atoms with Crippen molar-refractivity contribution in [3.63, 3.8) is 0 Å². The van der Waals surface area contributed by atoms with E-state index in [1.165, 1.54) is 6.33 Å². The Labute approximate surface area is 80.1 Å². The number of tetrazole rings is 1. The largest absolute Gasteiger partial charge is 2.00 e. The zero-order valence-electron chi connectivity index (χ0n) is 5.65. The molecule has 0 aliphatic rings. The van der Waals surface area contributed by atoms with Crippen LogP contribution in [0.25, 0.3) is 0 Å². The predicted octanol–water partition coefficient (Wildman–Crippen LogP) is -1.77. The van der Waals surface area contributed by atoms with Gasteiger partial charge in [-0.2, -0.15) is 0 Å². The molecule has 5 nitrogen and oxygen atoms in total. The number of nitrogens with two attached hydrogens (primary N) is 1. The van der Waals surface area contributed by atoms with E-state index in [4.69, 9.17) is 5.84 Å². The summed E-state index contributed by atoms with van der Waals surface area (Å²) >= 11 is 0. The minimum Gasteiger partial charge on any atom is -1.00 e. The van der Waals surface area contributed by atoms with Crippen LogP contribution in [0.3, 0.4) is 0 Å². The Balaban J connectivity index is -0.000000120. The molecule has 0 saturated heterocycles. The van der Waals surface area contributed by atoms with E-state index in [-0.39, 0.29) is 48.3 Å². The van der Waals surface area contributed by atoms with Gasteiger partial charge in [-0.3, -0.25) is 0 Å². The summed E-state index contributed by atoms with van der Waals surface area (Å²) < 4.78 is 0. The second-order valence-electron chi connectivity index (χ2n) is 0.790. The van der Waals surface area contributed by atoms with E-state index in [1.807, 2.05) is 0 Å². The Hall–Kier alpha value is 0.351. The Kier molecular flexibility index (Phi) is 3.53. The molecule has 0 fully saturated rings. The Morgan fingerprint density at radius 3 is 2.57 bits per heavy atom. The fourth-order valence-corrected chi connectivity index (χ4v) is 0.168. The van der Waals surface area contributed by atoms with Gasteiger partial charge in [0.05, 0.1) is 0 Å². The van der Waals surface area contributed by atoms with Gasteiger partial charge >= 0.3 is 45.5 Å². The molecule has 1 aromatic heterocycles. The number of rotatable bonds is 0. The smallest absolute Gasteiger partial charge is 1.00 e. The zero-order chi connectivity index (χ0) is 4.41. The van der Waals surface area contributed by atoms with Gasteiger partial charge in [0.15, 0.2) is 6.33 Å². The van der Waals surface area contributed by atoms with Gasteiger partial charge in [0.1, 0.15) is 0 Å². The van der Waals surface area contributed by atoms with Gasteiger partial charge in [-0.25, -0.2) is 0 Å². The Morgan fingerprint density at radius 1 is 1.71 bits per heavy atom. The second-order valence-corrected chi connectivity index (χ2v) is 0.790. The van der Waals surface area contributed by atoms with E-state index in [9.17, 15) is 0 Å². The summed E-state index contributed by atoms with van der Waals surface area (Å²) in [5.41, 5.74) is 0. The van der Waals surface area contributed by atoms with Crippen LogP contribution < -0.4 is 5.84 Å². The Morgan fingerprint density at radius 2 is 2.43 bits per heavy atom. The van der Waals surface area contributed by atoms with E-state index >= 15 is 0 Å². The summed E-state index contributed by atoms with van der Waals surface area (Å²) in [6.45, 7) is 0. The summed E-state index contributed by atoms with van der Waals surface area (Å²) in [7, 11) is 0. The number of hydrogen-bond donors (Lipinski definition) is 1. The molecule has 0 radical (unpaired) electrons. The van der Waals surface area contributed by atoms with E-state index in [1.54, 1.807) is 0 Å². The third-order valence-corrected chi connectivity index (χ3v) is 0.365. The van der Waals surface area contributed by atoms with Gasteiger partial charge in [-0.1, -0.05) is 0 Å². The first-order valence-corrected chi connectivity index (χ1v) is 1.37. The second kappa shape index (κ2) is 3.36. The van der Waals surface area contributed by atoms with Crippen molar-refractivity contribution in [3.8, 4) is 0 Å². The van der Waals surface area contributed by atoms with Crippen molar-refractivity contribution in [2.24, 2.45) is 0 Å². The van der Waals surface area contributed by atoms with Crippen LogP contribution >= 0.6 is 0 Å². The van der Waals surface area contributed by atoms with Crippen molar-refractivity contribution in [2.45, 2.75) is 0 Å². The van der Waals surface area contributed by atoms with Crippen molar-refractivity contribution in [1.82, 2.24) is 20.3 Å². The van der Waals surface area contributed by atoms with E-state index in [0.717, 1.165) is 4.79 Å². The van der Waals surface area contributed by atoms with Crippen molar-refractivity contribution >= 4 is 45.5 Å². The molecular formula is CH5N5Sr. The Bertz CT molecular complexity index is 119. The minimum atomic E-state index is 0. The summed E-state index contributed by atoms with van der Waals surface area (Å²) in [4.78, 5) is 1.03. The number of aromatic nitrogens is 4. The van der Waals surface area contributed by atoms with Crippen molar-refractivity contribution in [1.29, 1.82) is 0 Å². The molecule has 1 heterocycles. The fraction of sp³-hybridized carbons (Fsp3) is 0. The van der Waals surface area contributed by atoms with Crippen LogP contribution in [0.15, 0.2) is 6.33 Å². The van der Waals surface area contributed by atoms with Crippen LogP contribution in [0.1, 0.15) is 2.85 Å². The maximum absolute atomic E-state index is 4.96. The van der Waals surface area contributed by atoms with Gasteiger partial charge in [0, 0.05) is 0 Å². The fourth-order valence-electron chi connectivity index (χ4n) is 0.168. The van der Waals surface area contributed by atoms with Crippen LogP contribution in [0.4, 0.5) is 0 Å². The molecule has 0 atom stereocenters. The maximum atomic E-state index is 4.96. The van der Waals surface area contributed by atoms with Crippen LogP contribution in [-0.4, -0.2) is 65.8 Å². The number of nitrogens with zero attached hydrogens (tertiary/aromatic N) is 4. The topological polar surface area (TPSA) is 69.6 Å². The summed E-state index contributed by atoms with van der Waals surface area (Å²) in [5.74, 6) is 4.96. The van der Waals surface area contributed by atoms with Gasteiger partial charge < -0.3 is 8.70 Å². The van der Waals surface area contributed by atoms with Gasteiger partial charge in [0.25, 0.3) is 0 Å².